The molecule has 8 nitrogen and oxygen atoms in total. The zero-order chi connectivity index (χ0) is 25.3. The van der Waals surface area contributed by atoms with Crippen molar-refractivity contribution < 1.29 is 29.0 Å². The molecule has 0 aliphatic heterocycles. The minimum atomic E-state index is -0.780. The summed E-state index contributed by atoms with van der Waals surface area (Å²) in [5, 5.41) is 13.7. The van der Waals surface area contributed by atoms with Gasteiger partial charge in [-0.05, 0) is 74.9 Å². The lowest BCUT2D eigenvalue weighted by Gasteiger charge is -2.27. The van der Waals surface area contributed by atoms with Crippen LogP contribution in [0, 0.1) is 0 Å². The molecule has 0 aliphatic carbocycles. The minimum Gasteiger partial charge on any atom is -0.481 e. The van der Waals surface area contributed by atoms with Gasteiger partial charge in [-0.3, -0.25) is 9.59 Å². The third-order valence-electron chi connectivity index (χ3n) is 5.31. The number of alkyl carbamates (subject to hydrolysis) is 1. The Hall–Kier alpha value is -3.13. The fourth-order valence-corrected chi connectivity index (χ4v) is 3.56. The fraction of sp³-hybridized carbons (Fsp3) is 0.500. The first-order valence-electron chi connectivity index (χ1n) is 11.6. The summed E-state index contributed by atoms with van der Waals surface area (Å²) in [5.74, 6) is -1.22. The lowest BCUT2D eigenvalue weighted by Crippen LogP contribution is -2.45. The number of hydrogen-bond donors (Lipinski definition) is 3. The number of ether oxygens (including phenoxy) is 2. The second kappa shape index (κ2) is 12.4. The Morgan fingerprint density at radius 1 is 1.03 bits per heavy atom. The molecule has 0 heterocycles. The number of carboxylic acids is 1. The van der Waals surface area contributed by atoms with Crippen LogP contribution in [-0.4, -0.2) is 40.8 Å². The molecule has 34 heavy (non-hydrogen) atoms. The highest BCUT2D eigenvalue weighted by Crippen LogP contribution is 2.21. The van der Waals surface area contributed by atoms with E-state index in [-0.39, 0.29) is 18.9 Å². The van der Waals surface area contributed by atoms with E-state index < -0.39 is 29.6 Å². The summed E-state index contributed by atoms with van der Waals surface area (Å²) in [4.78, 5) is 34.2. The molecule has 2 atom stereocenters. The number of carbonyl (C=O) groups is 3. The Bertz CT molecular complexity index is 998. The molecule has 2 aromatic carbocycles. The van der Waals surface area contributed by atoms with E-state index in [0.717, 1.165) is 28.3 Å². The summed E-state index contributed by atoms with van der Waals surface area (Å²) >= 11 is 0. The predicted molar refractivity (Wildman–Crippen MR) is 130 cm³/mol. The van der Waals surface area contributed by atoms with Crippen LogP contribution in [0.3, 0.4) is 0 Å². The lowest BCUT2D eigenvalue weighted by atomic mass is 10.0. The summed E-state index contributed by atoms with van der Waals surface area (Å²) in [6.45, 7) is 7.52. The first kappa shape index (κ1) is 27.1. The molecule has 0 saturated heterocycles. The SMILES string of the molecule is C[C@@H](OCc1ccc2cc(CCCC(=O)O)ccc2c1)[C@H](CCC(N)=O)NC(=O)OC(C)(C)C. The molecule has 0 radical (unpaired) electrons. The van der Waals surface area contributed by atoms with Gasteiger partial charge in [0.1, 0.15) is 5.60 Å². The van der Waals surface area contributed by atoms with Crippen LogP contribution in [-0.2, 0) is 32.1 Å². The molecule has 4 N–H and O–H groups in total. The van der Waals surface area contributed by atoms with E-state index in [1.807, 2.05) is 37.3 Å². The molecule has 186 valence electrons. The number of primary amides is 1. The standard InChI is InChI=1S/C26H36N2O6/c1-17(22(12-13-23(27)29)28-25(32)34-26(2,3)4)33-16-19-9-11-20-14-18(6-5-7-24(30)31)8-10-21(20)15-19/h8-11,14-15,17,22H,5-7,12-13,16H2,1-4H3,(H2,27,29)(H,28,32)(H,30,31)/t17-,22+/m1/s1. The Labute approximate surface area is 200 Å². The molecule has 2 aromatic rings. The number of aryl methyl sites for hydroxylation is 1. The van der Waals surface area contributed by atoms with Gasteiger partial charge < -0.3 is 25.6 Å². The topological polar surface area (TPSA) is 128 Å². The van der Waals surface area contributed by atoms with Crippen molar-refractivity contribution in [2.24, 2.45) is 5.73 Å². The van der Waals surface area contributed by atoms with Gasteiger partial charge in [0.15, 0.2) is 0 Å². The Morgan fingerprint density at radius 3 is 2.24 bits per heavy atom. The Balaban J connectivity index is 2.00. The number of nitrogens with two attached hydrogens (primary N) is 1. The maximum atomic E-state index is 12.2. The molecule has 8 heteroatoms. The lowest BCUT2D eigenvalue weighted by molar-refractivity contribution is -0.137. The van der Waals surface area contributed by atoms with Gasteiger partial charge in [0.05, 0.1) is 18.8 Å². The maximum absolute atomic E-state index is 12.2. The van der Waals surface area contributed by atoms with Gasteiger partial charge in [-0.1, -0.05) is 30.3 Å². The van der Waals surface area contributed by atoms with E-state index in [1.165, 1.54) is 0 Å². The van der Waals surface area contributed by atoms with Crippen LogP contribution in [0.2, 0.25) is 0 Å². The van der Waals surface area contributed by atoms with Crippen molar-refractivity contribution in [3.8, 4) is 0 Å². The number of carboxylic acid groups (broad SMARTS) is 1. The Kier molecular flexibility index (Phi) is 9.86. The van der Waals surface area contributed by atoms with Crippen LogP contribution in [0.5, 0.6) is 0 Å². The van der Waals surface area contributed by atoms with Crippen LogP contribution in [0.15, 0.2) is 36.4 Å². The number of benzene rings is 2. The quantitative estimate of drug-likeness (QED) is 0.422. The van der Waals surface area contributed by atoms with Gasteiger partial charge in [0.25, 0.3) is 0 Å². The number of hydrogen-bond acceptors (Lipinski definition) is 5. The molecular weight excluding hydrogens is 436 g/mol. The largest absolute Gasteiger partial charge is 0.481 e. The van der Waals surface area contributed by atoms with Crippen LogP contribution in [0.1, 0.15) is 64.5 Å². The monoisotopic (exact) mass is 472 g/mol. The zero-order valence-corrected chi connectivity index (χ0v) is 20.4. The molecule has 0 spiro atoms. The number of nitrogens with one attached hydrogen (secondary N) is 1. The van der Waals surface area contributed by atoms with Crippen LogP contribution >= 0.6 is 0 Å². The first-order chi connectivity index (χ1) is 15.9. The van der Waals surface area contributed by atoms with E-state index in [1.54, 1.807) is 20.8 Å². The second-order valence-electron chi connectivity index (χ2n) is 9.54. The highest BCUT2D eigenvalue weighted by molar-refractivity contribution is 5.83. The number of amides is 2. The summed E-state index contributed by atoms with van der Waals surface area (Å²) in [5.41, 5.74) is 6.74. The smallest absolute Gasteiger partial charge is 0.407 e. The van der Waals surface area contributed by atoms with E-state index in [4.69, 9.17) is 20.3 Å². The molecule has 0 aromatic heterocycles. The summed E-state index contributed by atoms with van der Waals surface area (Å²) in [6, 6.07) is 11.7. The highest BCUT2D eigenvalue weighted by Gasteiger charge is 2.24. The first-order valence-corrected chi connectivity index (χ1v) is 11.6. The minimum absolute atomic E-state index is 0.124. The van der Waals surface area contributed by atoms with E-state index in [0.29, 0.717) is 19.4 Å². The fourth-order valence-electron chi connectivity index (χ4n) is 3.56. The van der Waals surface area contributed by atoms with Gasteiger partial charge in [-0.25, -0.2) is 4.79 Å². The molecule has 0 bridgehead atoms. The summed E-state index contributed by atoms with van der Waals surface area (Å²) in [6.07, 6.45) is 1.02. The van der Waals surface area contributed by atoms with Crippen molar-refractivity contribution >= 4 is 28.7 Å². The van der Waals surface area contributed by atoms with Crippen molar-refractivity contribution in [3.05, 3.63) is 47.5 Å². The highest BCUT2D eigenvalue weighted by atomic mass is 16.6. The van der Waals surface area contributed by atoms with Crippen LogP contribution in [0.25, 0.3) is 10.8 Å². The third-order valence-corrected chi connectivity index (χ3v) is 5.31. The number of rotatable bonds is 12. The van der Waals surface area contributed by atoms with Crippen molar-refractivity contribution in [2.75, 3.05) is 0 Å². The second-order valence-corrected chi connectivity index (χ2v) is 9.54. The summed E-state index contributed by atoms with van der Waals surface area (Å²) < 4.78 is 11.4. The van der Waals surface area contributed by atoms with Gasteiger partial charge in [0.2, 0.25) is 5.91 Å². The van der Waals surface area contributed by atoms with E-state index in [9.17, 15) is 14.4 Å². The number of fused-ring (bicyclic) bond motifs is 1. The molecule has 0 saturated carbocycles. The summed E-state index contributed by atoms with van der Waals surface area (Å²) in [7, 11) is 0. The van der Waals surface area contributed by atoms with Gasteiger partial charge in [-0.15, -0.1) is 0 Å². The average molecular weight is 473 g/mol. The zero-order valence-electron chi connectivity index (χ0n) is 20.4. The third kappa shape index (κ3) is 9.79. The number of carbonyl (C=O) groups excluding carboxylic acids is 2. The molecule has 0 aliphatic rings. The number of aliphatic carboxylic acids is 1. The molecular formula is C26H36N2O6. The molecule has 2 amide bonds. The van der Waals surface area contributed by atoms with Crippen molar-refractivity contribution in [2.45, 2.75) is 84.2 Å². The molecule has 2 rings (SSSR count). The predicted octanol–water partition coefficient (Wildman–Crippen LogP) is 4.31. The van der Waals surface area contributed by atoms with Crippen molar-refractivity contribution in [3.63, 3.8) is 0 Å². The maximum Gasteiger partial charge on any atom is 0.407 e. The van der Waals surface area contributed by atoms with E-state index in [2.05, 4.69) is 11.4 Å². The van der Waals surface area contributed by atoms with Gasteiger partial charge >= 0.3 is 12.1 Å². The Morgan fingerprint density at radius 2 is 1.65 bits per heavy atom. The van der Waals surface area contributed by atoms with Gasteiger partial charge in [0, 0.05) is 12.8 Å². The van der Waals surface area contributed by atoms with Crippen molar-refractivity contribution in [1.29, 1.82) is 0 Å². The van der Waals surface area contributed by atoms with Crippen LogP contribution < -0.4 is 11.1 Å². The van der Waals surface area contributed by atoms with Gasteiger partial charge in [-0.2, -0.15) is 0 Å². The van der Waals surface area contributed by atoms with Crippen molar-refractivity contribution in [1.82, 2.24) is 5.32 Å². The van der Waals surface area contributed by atoms with Crippen LogP contribution in [0.4, 0.5) is 4.79 Å². The average Bonchev–Trinajstić information content (AvgIpc) is 2.73. The molecule has 0 fully saturated rings. The molecule has 0 unspecified atom stereocenters. The normalized spacial score (nSPS) is 13.3. The van der Waals surface area contributed by atoms with E-state index >= 15 is 0 Å².